The zero-order valence-corrected chi connectivity index (χ0v) is 17.4. The van der Waals surface area contributed by atoms with Crippen molar-refractivity contribution in [2.75, 3.05) is 42.9 Å². The van der Waals surface area contributed by atoms with Crippen molar-refractivity contribution in [2.24, 2.45) is 5.92 Å². The molecule has 0 spiro atoms. The highest BCUT2D eigenvalue weighted by atomic mass is 16.3. The van der Waals surface area contributed by atoms with Crippen LogP contribution in [0.4, 0.5) is 11.5 Å². The van der Waals surface area contributed by atoms with Gasteiger partial charge in [0.15, 0.2) is 0 Å². The summed E-state index contributed by atoms with van der Waals surface area (Å²) in [7, 11) is 0. The Morgan fingerprint density at radius 2 is 1.73 bits per heavy atom. The van der Waals surface area contributed by atoms with Crippen molar-refractivity contribution in [2.45, 2.75) is 26.0 Å². The third-order valence-corrected chi connectivity index (χ3v) is 6.32. The number of nitrogens with one attached hydrogen (secondary N) is 1. The normalized spacial score (nSPS) is 17.4. The minimum Gasteiger partial charge on any atom is -0.392 e. The zero-order valence-electron chi connectivity index (χ0n) is 17.4. The number of piperazine rings is 1. The highest BCUT2D eigenvalue weighted by Crippen LogP contribution is 2.30. The fraction of sp³-hybridized carbons (Fsp3) is 0.400. The molecule has 156 valence electrons. The molecule has 0 bridgehead atoms. The molecule has 1 saturated heterocycles. The molecule has 0 unspecified atom stereocenters. The molecule has 0 amide bonds. The summed E-state index contributed by atoms with van der Waals surface area (Å²) in [5.74, 6) is 1.74. The summed E-state index contributed by atoms with van der Waals surface area (Å²) in [6, 6.07) is 18.9. The van der Waals surface area contributed by atoms with E-state index in [1.54, 1.807) is 0 Å². The van der Waals surface area contributed by atoms with Crippen molar-refractivity contribution >= 4 is 22.4 Å². The average Bonchev–Trinajstić information content (AvgIpc) is 3.62. The Bertz CT molecular complexity index is 992. The number of nitrogens with zero attached hydrogens (tertiary/aromatic N) is 3. The lowest BCUT2D eigenvalue weighted by molar-refractivity contribution is 0.248. The number of benzene rings is 2. The highest BCUT2D eigenvalue weighted by Gasteiger charge is 2.26. The van der Waals surface area contributed by atoms with Crippen LogP contribution in [-0.4, -0.2) is 47.7 Å². The van der Waals surface area contributed by atoms with Gasteiger partial charge in [-0.3, -0.25) is 4.90 Å². The molecule has 1 aromatic heterocycles. The molecule has 2 N–H and O–H groups in total. The molecular formula is C25H30N4O. The van der Waals surface area contributed by atoms with Gasteiger partial charge in [-0.1, -0.05) is 30.3 Å². The van der Waals surface area contributed by atoms with Crippen LogP contribution in [0, 0.1) is 5.92 Å². The maximum atomic E-state index is 9.74. The lowest BCUT2D eigenvalue weighted by Crippen LogP contribution is -2.47. The van der Waals surface area contributed by atoms with Gasteiger partial charge in [0, 0.05) is 55.9 Å². The van der Waals surface area contributed by atoms with E-state index in [1.165, 1.54) is 43.7 Å². The summed E-state index contributed by atoms with van der Waals surface area (Å²) in [6.07, 6.45) is 2.87. The Balaban J connectivity index is 1.20. The van der Waals surface area contributed by atoms with Crippen LogP contribution in [0.3, 0.4) is 0 Å². The lowest BCUT2D eigenvalue weighted by atomic mass is 10.1. The first-order valence-electron chi connectivity index (χ1n) is 11.1. The number of hydrogen-bond acceptors (Lipinski definition) is 5. The van der Waals surface area contributed by atoms with E-state index in [0.717, 1.165) is 41.3 Å². The second kappa shape index (κ2) is 8.62. The second-order valence-electron chi connectivity index (χ2n) is 8.60. The Labute approximate surface area is 178 Å². The SMILES string of the molecule is OCc1cc2ccccc2nc1NCc1ccc(N2CCN(CC3CC3)CC2)cc1. The van der Waals surface area contributed by atoms with Gasteiger partial charge in [0.05, 0.1) is 12.1 Å². The van der Waals surface area contributed by atoms with E-state index in [4.69, 9.17) is 4.98 Å². The van der Waals surface area contributed by atoms with Crippen molar-refractivity contribution < 1.29 is 5.11 Å². The smallest absolute Gasteiger partial charge is 0.132 e. The zero-order chi connectivity index (χ0) is 20.3. The number of anilines is 2. The van der Waals surface area contributed by atoms with Crippen LogP contribution in [0.1, 0.15) is 24.0 Å². The molecule has 5 rings (SSSR count). The second-order valence-corrected chi connectivity index (χ2v) is 8.60. The molecular weight excluding hydrogens is 372 g/mol. The monoisotopic (exact) mass is 402 g/mol. The van der Waals surface area contributed by atoms with Crippen LogP contribution >= 0.6 is 0 Å². The van der Waals surface area contributed by atoms with E-state index in [1.807, 2.05) is 30.3 Å². The van der Waals surface area contributed by atoms with Crippen LogP contribution in [0.2, 0.25) is 0 Å². The summed E-state index contributed by atoms with van der Waals surface area (Å²) in [5, 5.41) is 14.2. The summed E-state index contributed by atoms with van der Waals surface area (Å²) < 4.78 is 0. The number of aliphatic hydroxyl groups excluding tert-OH is 1. The van der Waals surface area contributed by atoms with Crippen molar-refractivity contribution in [1.29, 1.82) is 0 Å². The molecule has 0 radical (unpaired) electrons. The number of aliphatic hydroxyl groups is 1. The topological polar surface area (TPSA) is 51.6 Å². The van der Waals surface area contributed by atoms with E-state index >= 15 is 0 Å². The van der Waals surface area contributed by atoms with Gasteiger partial charge in [-0.25, -0.2) is 4.98 Å². The fourth-order valence-electron chi connectivity index (χ4n) is 4.30. The molecule has 2 aromatic carbocycles. The molecule has 2 heterocycles. The summed E-state index contributed by atoms with van der Waals surface area (Å²) >= 11 is 0. The van der Waals surface area contributed by atoms with Gasteiger partial charge in [-0.15, -0.1) is 0 Å². The van der Waals surface area contributed by atoms with Crippen molar-refractivity contribution in [1.82, 2.24) is 9.88 Å². The average molecular weight is 403 g/mol. The number of rotatable bonds is 7. The molecule has 2 aliphatic rings. The Morgan fingerprint density at radius 3 is 2.47 bits per heavy atom. The third kappa shape index (κ3) is 4.42. The van der Waals surface area contributed by atoms with Crippen LogP contribution in [-0.2, 0) is 13.2 Å². The van der Waals surface area contributed by atoms with Gasteiger partial charge in [-0.05, 0) is 48.6 Å². The largest absolute Gasteiger partial charge is 0.392 e. The van der Waals surface area contributed by atoms with Gasteiger partial charge in [-0.2, -0.15) is 0 Å². The van der Waals surface area contributed by atoms with Gasteiger partial charge in [0.1, 0.15) is 5.82 Å². The molecule has 3 aromatic rings. The predicted molar refractivity (Wildman–Crippen MR) is 123 cm³/mol. The van der Waals surface area contributed by atoms with Gasteiger partial charge in [0.2, 0.25) is 0 Å². The number of aromatic nitrogens is 1. The lowest BCUT2D eigenvalue weighted by Gasteiger charge is -2.36. The Morgan fingerprint density at radius 1 is 0.967 bits per heavy atom. The summed E-state index contributed by atoms with van der Waals surface area (Å²) in [5.41, 5.74) is 4.29. The van der Waals surface area contributed by atoms with Crippen LogP contribution in [0.15, 0.2) is 54.6 Å². The van der Waals surface area contributed by atoms with Gasteiger partial charge in [0.25, 0.3) is 0 Å². The van der Waals surface area contributed by atoms with Crippen molar-refractivity contribution in [3.8, 4) is 0 Å². The summed E-state index contributed by atoms with van der Waals surface area (Å²) in [4.78, 5) is 9.82. The Hall–Kier alpha value is -2.63. The van der Waals surface area contributed by atoms with Crippen LogP contribution < -0.4 is 10.2 Å². The molecule has 2 fully saturated rings. The number of pyridine rings is 1. The Kier molecular flexibility index (Phi) is 5.56. The van der Waals surface area contributed by atoms with Crippen LogP contribution in [0.5, 0.6) is 0 Å². The maximum Gasteiger partial charge on any atom is 0.132 e. The minimum atomic E-state index is -0.0220. The molecule has 30 heavy (non-hydrogen) atoms. The molecule has 1 aliphatic heterocycles. The van der Waals surface area contributed by atoms with Crippen molar-refractivity contribution in [3.05, 3.63) is 65.7 Å². The highest BCUT2D eigenvalue weighted by molar-refractivity contribution is 5.81. The first-order chi connectivity index (χ1) is 14.8. The van der Waals surface area contributed by atoms with Gasteiger partial charge >= 0.3 is 0 Å². The van der Waals surface area contributed by atoms with E-state index in [9.17, 15) is 5.11 Å². The number of para-hydroxylation sites is 1. The first kappa shape index (κ1) is 19.3. The quantitative estimate of drug-likeness (QED) is 0.628. The number of hydrogen-bond donors (Lipinski definition) is 2. The fourth-order valence-corrected chi connectivity index (χ4v) is 4.30. The molecule has 5 heteroatoms. The molecule has 0 atom stereocenters. The van der Waals surface area contributed by atoms with E-state index in [0.29, 0.717) is 6.54 Å². The van der Waals surface area contributed by atoms with E-state index in [-0.39, 0.29) is 6.61 Å². The van der Waals surface area contributed by atoms with Crippen molar-refractivity contribution in [3.63, 3.8) is 0 Å². The third-order valence-electron chi connectivity index (χ3n) is 6.32. The van der Waals surface area contributed by atoms with Gasteiger partial charge < -0.3 is 15.3 Å². The standard InChI is InChI=1S/C25H30N4O/c30-18-22-15-21-3-1-2-4-24(21)27-25(22)26-16-19-7-9-23(10-8-19)29-13-11-28(12-14-29)17-20-5-6-20/h1-4,7-10,15,20,30H,5-6,11-14,16-18H2,(H,26,27). The molecule has 1 saturated carbocycles. The van der Waals surface area contributed by atoms with Crippen LogP contribution in [0.25, 0.3) is 10.9 Å². The van der Waals surface area contributed by atoms with E-state index < -0.39 is 0 Å². The first-order valence-corrected chi connectivity index (χ1v) is 11.1. The van der Waals surface area contributed by atoms with E-state index in [2.05, 4.69) is 39.4 Å². The maximum absolute atomic E-state index is 9.74. The minimum absolute atomic E-state index is 0.0220. The molecule has 1 aliphatic carbocycles. The molecule has 5 nitrogen and oxygen atoms in total. The predicted octanol–water partition coefficient (Wildman–Crippen LogP) is 3.87. The number of fused-ring (bicyclic) bond motifs is 1. The summed E-state index contributed by atoms with van der Waals surface area (Å²) in [6.45, 7) is 6.56.